The predicted molar refractivity (Wildman–Crippen MR) is 141 cm³/mol. The number of benzene rings is 1. The molecule has 2 rings (SSSR count). The van der Waals surface area contributed by atoms with Crippen molar-refractivity contribution in [1.29, 1.82) is 0 Å². The maximum absolute atomic E-state index is 12.5. The maximum atomic E-state index is 12.5. The summed E-state index contributed by atoms with van der Waals surface area (Å²) in [5.74, 6) is -2.14. The van der Waals surface area contributed by atoms with Gasteiger partial charge in [0.05, 0.1) is 24.1 Å². The molecule has 6 N–H and O–H groups in total. The first-order chi connectivity index (χ1) is 18.2. The third-order valence-electron chi connectivity index (χ3n) is 6.06. The number of nitrogens with one attached hydrogen (secondary N) is 1. The molecule has 0 radical (unpaired) electrons. The van der Waals surface area contributed by atoms with E-state index in [1.807, 2.05) is 0 Å². The van der Waals surface area contributed by atoms with Crippen molar-refractivity contribution >= 4 is 29.6 Å². The number of carboxylic acid groups (broad SMARTS) is 2. The Morgan fingerprint density at radius 2 is 1.26 bits per heavy atom. The molecule has 17 heteroatoms. The molecule has 1 saturated heterocycles. The summed E-state index contributed by atoms with van der Waals surface area (Å²) in [6, 6.07) is 7.71. The fourth-order valence-corrected chi connectivity index (χ4v) is 6.01. The van der Waals surface area contributed by atoms with Gasteiger partial charge in [-0.05, 0) is 12.1 Å². The summed E-state index contributed by atoms with van der Waals surface area (Å²) in [5, 5.41) is 29.2. The molecule has 0 aromatic heterocycles. The lowest BCUT2D eigenvalue weighted by Gasteiger charge is -2.34. The van der Waals surface area contributed by atoms with E-state index in [0.717, 1.165) is 0 Å². The van der Waals surface area contributed by atoms with E-state index in [9.17, 15) is 47.7 Å². The topological polar surface area (TPSA) is 211 Å². The number of aliphatic hydroxyl groups excluding tert-OH is 1. The smallest absolute Gasteiger partial charge is 0.339 e. The summed E-state index contributed by atoms with van der Waals surface area (Å²) in [6.45, 7) is 0.944. The molecule has 1 unspecified atom stereocenters. The molecule has 0 amide bonds. The highest BCUT2D eigenvalue weighted by Gasteiger charge is 2.24. The Labute approximate surface area is 227 Å². The molecule has 1 aromatic rings. The lowest BCUT2D eigenvalue weighted by atomic mass is 10.3. The quantitative estimate of drug-likeness (QED) is 0.142. The maximum Gasteiger partial charge on any atom is 0.339 e. The Kier molecular flexibility index (Phi) is 13.4. The molecular formula is C22H38N5O10PS. The van der Waals surface area contributed by atoms with Crippen molar-refractivity contribution in [2.24, 2.45) is 0 Å². The van der Waals surface area contributed by atoms with Gasteiger partial charge in [0.15, 0.2) is 0 Å². The standard InChI is InChI=1S/C22H38N5O10PS/c28-19(14-23-39(36,37)20-4-2-1-3-5-20)15-24-6-8-25(16-21(29)30)10-12-27(18-38(33,34)35)13-11-26(9-7-24)17-22(31)32/h1-5,19,23,28H,6-18H2,(H,29,30)(H,31,32)(H2,33,34,35). The van der Waals surface area contributed by atoms with Gasteiger partial charge in [-0.2, -0.15) is 0 Å². The molecule has 222 valence electrons. The van der Waals surface area contributed by atoms with Crippen molar-refractivity contribution in [3.63, 3.8) is 0 Å². The number of aliphatic hydroxyl groups is 1. The van der Waals surface area contributed by atoms with Crippen LogP contribution in [0.3, 0.4) is 0 Å². The van der Waals surface area contributed by atoms with E-state index in [1.165, 1.54) is 17.0 Å². The first-order valence-corrected chi connectivity index (χ1v) is 15.6. The number of carboxylic acids is 2. The average Bonchev–Trinajstić information content (AvgIpc) is 2.83. The highest BCUT2D eigenvalue weighted by Crippen LogP contribution is 2.34. The molecule has 1 aliphatic rings. The second kappa shape index (κ2) is 15.7. The largest absolute Gasteiger partial charge is 0.480 e. The van der Waals surface area contributed by atoms with Gasteiger partial charge in [0.2, 0.25) is 10.0 Å². The van der Waals surface area contributed by atoms with Crippen molar-refractivity contribution < 1.29 is 47.7 Å². The summed E-state index contributed by atoms with van der Waals surface area (Å²) in [5.41, 5.74) is 0. The minimum atomic E-state index is -4.40. The fraction of sp³-hybridized carbons (Fsp3) is 0.636. The highest BCUT2D eigenvalue weighted by molar-refractivity contribution is 7.89. The number of aliphatic carboxylic acids is 2. The zero-order valence-electron chi connectivity index (χ0n) is 21.6. The Hall–Kier alpha value is -1.98. The summed E-state index contributed by atoms with van der Waals surface area (Å²) >= 11 is 0. The van der Waals surface area contributed by atoms with Crippen molar-refractivity contribution in [3.8, 4) is 0 Å². The van der Waals surface area contributed by atoms with Gasteiger partial charge in [-0.25, -0.2) is 13.1 Å². The number of β-amino-alcohol motifs (C(OH)–C–C–N with tert-alkyl or cyclic N) is 1. The Bertz CT molecular complexity index is 1040. The van der Waals surface area contributed by atoms with Crippen LogP contribution in [-0.2, 0) is 24.2 Å². The molecule has 1 fully saturated rings. The van der Waals surface area contributed by atoms with E-state index < -0.39 is 41.9 Å². The highest BCUT2D eigenvalue weighted by atomic mass is 32.2. The van der Waals surface area contributed by atoms with Crippen molar-refractivity contribution in [2.75, 3.05) is 84.8 Å². The van der Waals surface area contributed by atoms with Gasteiger partial charge in [-0.15, -0.1) is 0 Å². The van der Waals surface area contributed by atoms with E-state index in [2.05, 4.69) is 4.72 Å². The normalized spacial score (nSPS) is 19.2. The molecule has 1 atom stereocenters. The van der Waals surface area contributed by atoms with E-state index >= 15 is 0 Å². The Balaban J connectivity index is 2.11. The lowest BCUT2D eigenvalue weighted by Crippen LogP contribution is -2.49. The van der Waals surface area contributed by atoms with Crippen LogP contribution in [0.15, 0.2) is 35.2 Å². The van der Waals surface area contributed by atoms with Gasteiger partial charge in [0.25, 0.3) is 0 Å². The van der Waals surface area contributed by atoms with Crippen molar-refractivity contribution in [1.82, 2.24) is 24.3 Å². The molecule has 1 heterocycles. The van der Waals surface area contributed by atoms with Gasteiger partial charge < -0.3 is 25.1 Å². The third kappa shape index (κ3) is 13.8. The van der Waals surface area contributed by atoms with Gasteiger partial charge in [0.1, 0.15) is 6.29 Å². The molecule has 0 spiro atoms. The number of rotatable bonds is 12. The van der Waals surface area contributed by atoms with Crippen LogP contribution in [-0.4, -0.2) is 156 Å². The SMILES string of the molecule is O=C(O)CN1CCN(CC(O)CNS(=O)(=O)c2ccccc2)CCN(CC(=O)O)CCN(CP(=O)(O)O)CC1. The molecule has 1 aliphatic heterocycles. The zero-order chi connectivity index (χ0) is 29.1. The first kappa shape index (κ1) is 33.2. The second-order valence-corrected chi connectivity index (χ2v) is 12.8. The molecular weight excluding hydrogens is 557 g/mol. The molecule has 39 heavy (non-hydrogen) atoms. The van der Waals surface area contributed by atoms with Gasteiger partial charge in [-0.1, -0.05) is 18.2 Å². The number of hydrogen-bond acceptors (Lipinski definition) is 10. The summed E-state index contributed by atoms with van der Waals surface area (Å²) in [4.78, 5) is 48.3. The van der Waals surface area contributed by atoms with E-state index in [0.29, 0.717) is 0 Å². The third-order valence-corrected chi connectivity index (χ3v) is 8.27. The summed E-state index contributed by atoms with van der Waals surface area (Å²) in [7, 11) is -8.23. The minimum Gasteiger partial charge on any atom is -0.480 e. The van der Waals surface area contributed by atoms with Crippen LogP contribution in [0.4, 0.5) is 0 Å². The lowest BCUT2D eigenvalue weighted by molar-refractivity contribution is -0.139. The second-order valence-electron chi connectivity index (χ2n) is 9.38. The molecule has 0 bridgehead atoms. The monoisotopic (exact) mass is 595 g/mol. The van der Waals surface area contributed by atoms with E-state index in [-0.39, 0.29) is 83.4 Å². The molecule has 1 aromatic carbocycles. The molecule has 15 nitrogen and oxygen atoms in total. The van der Waals surface area contributed by atoms with E-state index in [1.54, 1.807) is 32.9 Å². The van der Waals surface area contributed by atoms with Crippen LogP contribution < -0.4 is 4.72 Å². The number of carbonyl (C=O) groups is 2. The van der Waals surface area contributed by atoms with E-state index in [4.69, 9.17) is 0 Å². The van der Waals surface area contributed by atoms with Crippen molar-refractivity contribution in [2.45, 2.75) is 11.0 Å². The summed E-state index contributed by atoms with van der Waals surface area (Å²) < 4.78 is 38.9. The number of sulfonamides is 1. The zero-order valence-corrected chi connectivity index (χ0v) is 23.3. The van der Waals surface area contributed by atoms with Gasteiger partial charge in [-0.3, -0.25) is 33.8 Å². The Morgan fingerprint density at radius 3 is 1.69 bits per heavy atom. The molecule has 0 aliphatic carbocycles. The van der Waals surface area contributed by atoms with Gasteiger partial charge in [0, 0.05) is 65.4 Å². The van der Waals surface area contributed by atoms with Crippen LogP contribution >= 0.6 is 7.60 Å². The minimum absolute atomic E-state index is 0.0451. The van der Waals surface area contributed by atoms with Crippen LogP contribution in [0, 0.1) is 0 Å². The van der Waals surface area contributed by atoms with Crippen LogP contribution in [0.2, 0.25) is 0 Å². The van der Waals surface area contributed by atoms with Crippen molar-refractivity contribution in [3.05, 3.63) is 30.3 Å². The van der Waals surface area contributed by atoms with Crippen LogP contribution in [0.1, 0.15) is 0 Å². The fourth-order valence-electron chi connectivity index (χ4n) is 4.11. The number of nitrogens with zero attached hydrogens (tertiary/aromatic N) is 4. The van der Waals surface area contributed by atoms with Gasteiger partial charge >= 0.3 is 19.5 Å². The summed E-state index contributed by atoms with van der Waals surface area (Å²) in [6.07, 6.45) is -1.64. The number of hydrogen-bond donors (Lipinski definition) is 6. The van der Waals surface area contributed by atoms with Crippen LogP contribution in [0.5, 0.6) is 0 Å². The predicted octanol–water partition coefficient (Wildman–Crippen LogP) is -2.15. The molecule has 0 saturated carbocycles. The Morgan fingerprint density at radius 1 is 0.821 bits per heavy atom. The van der Waals surface area contributed by atoms with Crippen LogP contribution in [0.25, 0.3) is 0 Å². The average molecular weight is 596 g/mol. The first-order valence-electron chi connectivity index (χ1n) is 12.3.